The summed E-state index contributed by atoms with van der Waals surface area (Å²) in [6.07, 6.45) is -0.227. The molecular formula is C18H18FN5O4. The Labute approximate surface area is 158 Å². The van der Waals surface area contributed by atoms with E-state index >= 15 is 0 Å². The molecule has 3 heterocycles. The zero-order valence-corrected chi connectivity index (χ0v) is 14.8. The number of nitrogens with zero attached hydrogens (tertiary/aromatic N) is 2. The minimum atomic E-state index is -1.07. The lowest BCUT2D eigenvalue weighted by Crippen LogP contribution is -2.41. The molecular weight excluding hydrogens is 369 g/mol. The van der Waals surface area contributed by atoms with Crippen molar-refractivity contribution < 1.29 is 18.7 Å². The molecule has 0 aliphatic carbocycles. The number of para-hydroxylation sites is 1. The lowest BCUT2D eigenvalue weighted by Gasteiger charge is -2.29. The van der Waals surface area contributed by atoms with Gasteiger partial charge in [0.1, 0.15) is 11.6 Å². The van der Waals surface area contributed by atoms with Crippen molar-refractivity contribution in [1.82, 2.24) is 9.97 Å². The number of anilines is 3. The zero-order valence-electron chi connectivity index (χ0n) is 14.8. The Hall–Kier alpha value is -3.27. The molecule has 1 saturated heterocycles. The summed E-state index contributed by atoms with van der Waals surface area (Å²) < 4.78 is 19.1. The van der Waals surface area contributed by atoms with Gasteiger partial charge in [0.2, 0.25) is 17.8 Å². The van der Waals surface area contributed by atoms with E-state index in [0.717, 1.165) is 0 Å². The van der Waals surface area contributed by atoms with E-state index in [9.17, 15) is 18.8 Å². The Morgan fingerprint density at radius 2 is 2.00 bits per heavy atom. The molecule has 2 aliphatic heterocycles. The second-order valence-electron chi connectivity index (χ2n) is 6.53. The lowest BCUT2D eigenvalue weighted by atomic mass is 9.92. The molecule has 10 heteroatoms. The van der Waals surface area contributed by atoms with Gasteiger partial charge in [-0.1, -0.05) is 12.1 Å². The smallest absolute Gasteiger partial charge is 0.258 e. The van der Waals surface area contributed by atoms with E-state index in [-0.39, 0.29) is 23.5 Å². The van der Waals surface area contributed by atoms with Crippen LogP contribution in [0, 0.1) is 5.82 Å². The topological polar surface area (TPSA) is 116 Å². The highest BCUT2D eigenvalue weighted by Crippen LogP contribution is 2.30. The van der Waals surface area contributed by atoms with Crippen LogP contribution in [-0.4, -0.2) is 48.1 Å². The number of benzene rings is 1. The Balaban J connectivity index is 1.66. The van der Waals surface area contributed by atoms with E-state index in [1.54, 1.807) is 6.07 Å². The van der Waals surface area contributed by atoms with Gasteiger partial charge in [-0.3, -0.25) is 19.4 Å². The second kappa shape index (κ2) is 7.39. The molecule has 4 rings (SSSR count). The van der Waals surface area contributed by atoms with Crippen LogP contribution in [0.1, 0.15) is 17.9 Å². The molecule has 0 saturated carbocycles. The van der Waals surface area contributed by atoms with Gasteiger partial charge in [-0.2, -0.15) is 4.98 Å². The maximum Gasteiger partial charge on any atom is 0.258 e. The van der Waals surface area contributed by atoms with E-state index < -0.39 is 29.1 Å². The first-order valence-electron chi connectivity index (χ1n) is 8.85. The quantitative estimate of drug-likeness (QED) is 0.718. The van der Waals surface area contributed by atoms with Crippen LogP contribution in [0.15, 0.2) is 29.1 Å². The van der Waals surface area contributed by atoms with E-state index in [0.29, 0.717) is 32.3 Å². The average molecular weight is 387 g/mol. The summed E-state index contributed by atoms with van der Waals surface area (Å²) in [5, 5.41) is 5.00. The third-order valence-electron chi connectivity index (χ3n) is 4.70. The van der Waals surface area contributed by atoms with Gasteiger partial charge in [0, 0.05) is 19.5 Å². The van der Waals surface area contributed by atoms with Gasteiger partial charge >= 0.3 is 0 Å². The number of H-pyrrole nitrogens is 1. The van der Waals surface area contributed by atoms with Crippen molar-refractivity contribution in [2.24, 2.45) is 0 Å². The van der Waals surface area contributed by atoms with Gasteiger partial charge in [-0.05, 0) is 12.1 Å². The number of carbonyl (C=O) groups is 2. The number of aromatic nitrogens is 2. The Morgan fingerprint density at radius 1 is 1.25 bits per heavy atom. The van der Waals surface area contributed by atoms with Crippen molar-refractivity contribution >= 4 is 29.3 Å². The van der Waals surface area contributed by atoms with Crippen molar-refractivity contribution in [1.29, 1.82) is 0 Å². The van der Waals surface area contributed by atoms with E-state index in [4.69, 9.17) is 4.74 Å². The molecule has 0 spiro atoms. The first-order valence-corrected chi connectivity index (χ1v) is 8.85. The third-order valence-corrected chi connectivity index (χ3v) is 4.70. The van der Waals surface area contributed by atoms with Crippen LogP contribution < -0.4 is 21.1 Å². The molecule has 0 unspecified atom stereocenters. The number of aromatic amines is 1. The number of nitrogens with one attached hydrogen (secondary N) is 3. The van der Waals surface area contributed by atoms with Crippen molar-refractivity contribution in [2.45, 2.75) is 12.3 Å². The van der Waals surface area contributed by atoms with Gasteiger partial charge in [0.05, 0.1) is 30.4 Å². The molecule has 1 fully saturated rings. The molecule has 0 bridgehead atoms. The molecule has 2 amide bonds. The SMILES string of the molecule is O=C1C[C@H](C(=O)Nc2ccccc2F)c2c(nc(N3CCOCC3)[nH]c2=O)N1. The van der Waals surface area contributed by atoms with Crippen LogP contribution in [-0.2, 0) is 14.3 Å². The largest absolute Gasteiger partial charge is 0.378 e. The Bertz CT molecular complexity index is 986. The molecule has 1 aromatic heterocycles. The van der Waals surface area contributed by atoms with Crippen molar-refractivity contribution in [3.8, 4) is 0 Å². The average Bonchev–Trinajstić information content (AvgIpc) is 2.69. The summed E-state index contributed by atoms with van der Waals surface area (Å²) in [6.45, 7) is 2.10. The molecule has 9 nitrogen and oxygen atoms in total. The fraction of sp³-hybridized carbons (Fsp3) is 0.333. The van der Waals surface area contributed by atoms with Crippen LogP contribution in [0.4, 0.5) is 21.8 Å². The lowest BCUT2D eigenvalue weighted by molar-refractivity contribution is -0.123. The highest BCUT2D eigenvalue weighted by atomic mass is 19.1. The predicted molar refractivity (Wildman–Crippen MR) is 98.9 cm³/mol. The number of hydrogen-bond donors (Lipinski definition) is 3. The first kappa shape index (κ1) is 18.1. The molecule has 3 N–H and O–H groups in total. The minimum Gasteiger partial charge on any atom is -0.378 e. The minimum absolute atomic E-state index is 0.0191. The molecule has 146 valence electrons. The monoisotopic (exact) mass is 387 g/mol. The maximum atomic E-state index is 13.8. The molecule has 1 atom stereocenters. The van der Waals surface area contributed by atoms with Gasteiger partial charge in [-0.25, -0.2) is 4.39 Å². The summed E-state index contributed by atoms with van der Waals surface area (Å²) in [4.78, 5) is 46.4. The fourth-order valence-electron chi connectivity index (χ4n) is 3.29. The number of carbonyl (C=O) groups excluding carboxylic acids is 2. The summed E-state index contributed by atoms with van der Waals surface area (Å²) in [5.74, 6) is -2.40. The summed E-state index contributed by atoms with van der Waals surface area (Å²) in [7, 11) is 0. The van der Waals surface area contributed by atoms with Crippen molar-refractivity contribution in [3.05, 3.63) is 46.0 Å². The molecule has 2 aliphatic rings. The molecule has 0 radical (unpaired) electrons. The second-order valence-corrected chi connectivity index (χ2v) is 6.53. The summed E-state index contributed by atoms with van der Waals surface area (Å²) >= 11 is 0. The Morgan fingerprint density at radius 3 is 2.75 bits per heavy atom. The van der Waals surface area contributed by atoms with Gasteiger partial charge in [0.25, 0.3) is 5.56 Å². The fourth-order valence-corrected chi connectivity index (χ4v) is 3.29. The van der Waals surface area contributed by atoms with Gasteiger partial charge in [-0.15, -0.1) is 0 Å². The summed E-state index contributed by atoms with van der Waals surface area (Å²) in [5.41, 5.74) is -0.472. The van der Waals surface area contributed by atoms with Crippen LogP contribution >= 0.6 is 0 Å². The van der Waals surface area contributed by atoms with Crippen LogP contribution in [0.25, 0.3) is 0 Å². The van der Waals surface area contributed by atoms with Crippen LogP contribution in [0.5, 0.6) is 0 Å². The highest BCUT2D eigenvalue weighted by molar-refractivity contribution is 6.04. The normalized spacial score (nSPS) is 19.0. The van der Waals surface area contributed by atoms with Gasteiger partial charge in [0.15, 0.2) is 0 Å². The first-order chi connectivity index (χ1) is 13.5. The van der Waals surface area contributed by atoms with E-state index in [1.807, 2.05) is 4.90 Å². The molecule has 2 aromatic rings. The number of rotatable bonds is 3. The number of halogens is 1. The standard InChI is InChI=1S/C18H18FN5O4/c19-11-3-1-2-4-12(11)20-16(26)10-9-13(25)21-15-14(10)17(27)23-18(22-15)24-5-7-28-8-6-24/h1-4,10H,5-9H2,(H,20,26)(H2,21,22,23,25,27)/t10-/m0/s1. The van der Waals surface area contributed by atoms with Crippen molar-refractivity contribution in [3.63, 3.8) is 0 Å². The molecule has 28 heavy (non-hydrogen) atoms. The van der Waals surface area contributed by atoms with Crippen LogP contribution in [0.3, 0.4) is 0 Å². The van der Waals surface area contributed by atoms with Crippen molar-refractivity contribution in [2.75, 3.05) is 41.8 Å². The van der Waals surface area contributed by atoms with Crippen LogP contribution in [0.2, 0.25) is 0 Å². The maximum absolute atomic E-state index is 13.8. The number of hydrogen-bond acceptors (Lipinski definition) is 6. The number of morpholine rings is 1. The predicted octanol–water partition coefficient (Wildman–Crippen LogP) is 0.810. The zero-order chi connectivity index (χ0) is 19.7. The third kappa shape index (κ3) is 3.46. The van der Waals surface area contributed by atoms with E-state index in [2.05, 4.69) is 20.6 Å². The van der Waals surface area contributed by atoms with E-state index in [1.165, 1.54) is 18.2 Å². The summed E-state index contributed by atoms with van der Waals surface area (Å²) in [6, 6.07) is 5.68. The number of ether oxygens (including phenoxy) is 1. The number of amides is 2. The van der Waals surface area contributed by atoms with Gasteiger partial charge < -0.3 is 20.3 Å². The number of fused-ring (bicyclic) bond motifs is 1. The molecule has 1 aromatic carbocycles. The Kier molecular flexibility index (Phi) is 4.78. The highest BCUT2D eigenvalue weighted by Gasteiger charge is 2.35.